The Hall–Kier alpha value is -0.0951. The Morgan fingerprint density at radius 3 is 2.38 bits per heavy atom. The normalized spacial score (nSPS) is 47.2. The molecule has 0 spiro atoms. The molecule has 5 atom stereocenters. The van der Waals surface area contributed by atoms with Crippen molar-refractivity contribution in [1.29, 1.82) is 0 Å². The largest absolute Gasteiger partial charge is 0.379 e. The highest BCUT2D eigenvalue weighted by Crippen LogP contribution is 2.53. The Labute approximate surface area is 98.0 Å². The number of ether oxygens (including phenoxy) is 4. The van der Waals surface area contributed by atoms with E-state index >= 15 is 0 Å². The smallest absolute Gasteiger partial charge is 0.150 e. The fourth-order valence-corrected chi connectivity index (χ4v) is 3.31. The lowest BCUT2D eigenvalue weighted by atomic mass is 9.79. The van der Waals surface area contributed by atoms with E-state index in [-0.39, 0.29) is 29.9 Å². The van der Waals surface area contributed by atoms with E-state index in [1.807, 2.05) is 28.6 Å². The Morgan fingerprint density at radius 1 is 1.25 bits per heavy atom. The topological polar surface area (TPSA) is 36.9 Å². The van der Waals surface area contributed by atoms with Gasteiger partial charge in [-0.15, -0.1) is 0 Å². The lowest BCUT2D eigenvalue weighted by molar-refractivity contribution is -0.244. The van der Waals surface area contributed by atoms with Crippen LogP contribution in [0.1, 0.15) is 20.8 Å². The number of hydrogen-bond acceptors (Lipinski definition) is 4. The first kappa shape index (κ1) is 12.4. The second-order valence-corrected chi connectivity index (χ2v) is 5.24. The fraction of sp³-hybridized carbons (Fsp3) is 1.00. The van der Waals surface area contributed by atoms with E-state index in [4.69, 9.17) is 18.9 Å². The van der Waals surface area contributed by atoms with Gasteiger partial charge in [0.1, 0.15) is 20.1 Å². The van der Waals surface area contributed by atoms with E-state index in [9.17, 15) is 0 Å². The zero-order chi connectivity index (χ0) is 12.1. The Balaban J connectivity index is 2.43. The molecule has 2 fully saturated rings. The SMILES string of the molecule is B[C@@H]1O[C@]2([C@H](C)OC)C(OC)[C@@H]1OC2(C)C. The summed E-state index contributed by atoms with van der Waals surface area (Å²) in [5.41, 5.74) is -0.902. The van der Waals surface area contributed by atoms with Gasteiger partial charge in [-0.05, 0) is 20.8 Å². The van der Waals surface area contributed by atoms with Crippen LogP contribution in [0.4, 0.5) is 0 Å². The maximum absolute atomic E-state index is 6.14. The Morgan fingerprint density at radius 2 is 1.88 bits per heavy atom. The second-order valence-electron chi connectivity index (χ2n) is 5.24. The molecule has 16 heavy (non-hydrogen) atoms. The molecule has 0 aromatic heterocycles. The molecule has 0 aliphatic carbocycles. The van der Waals surface area contributed by atoms with Crippen LogP contribution in [-0.4, -0.2) is 57.6 Å². The van der Waals surface area contributed by atoms with Gasteiger partial charge in [-0.3, -0.25) is 0 Å². The summed E-state index contributed by atoms with van der Waals surface area (Å²) in [6.07, 6.45) is -0.132. The van der Waals surface area contributed by atoms with Crippen LogP contribution in [0.2, 0.25) is 0 Å². The molecule has 2 heterocycles. The second kappa shape index (κ2) is 3.70. The molecule has 92 valence electrons. The quantitative estimate of drug-likeness (QED) is 0.634. The summed E-state index contributed by atoms with van der Waals surface area (Å²) in [6, 6.07) is 0.0515. The van der Waals surface area contributed by atoms with Crippen LogP contribution in [0.25, 0.3) is 0 Å². The molecular weight excluding hydrogens is 207 g/mol. The van der Waals surface area contributed by atoms with Crippen molar-refractivity contribution in [2.24, 2.45) is 0 Å². The van der Waals surface area contributed by atoms with Gasteiger partial charge < -0.3 is 18.9 Å². The van der Waals surface area contributed by atoms with E-state index < -0.39 is 5.60 Å². The van der Waals surface area contributed by atoms with E-state index in [2.05, 4.69) is 0 Å². The van der Waals surface area contributed by atoms with Crippen LogP contribution in [0.3, 0.4) is 0 Å². The molecule has 0 saturated carbocycles. The predicted molar refractivity (Wildman–Crippen MR) is 62.4 cm³/mol. The van der Waals surface area contributed by atoms with Gasteiger partial charge in [0, 0.05) is 14.2 Å². The molecule has 5 heteroatoms. The highest BCUT2D eigenvalue weighted by atomic mass is 16.7. The Kier molecular flexibility index (Phi) is 2.86. The van der Waals surface area contributed by atoms with E-state index in [0.717, 1.165) is 0 Å². The van der Waals surface area contributed by atoms with Gasteiger partial charge in [0.05, 0.1) is 17.7 Å². The third kappa shape index (κ3) is 1.26. The maximum Gasteiger partial charge on any atom is 0.150 e. The van der Waals surface area contributed by atoms with Gasteiger partial charge >= 0.3 is 0 Å². The number of hydrogen-bond donors (Lipinski definition) is 0. The minimum atomic E-state index is -0.513. The van der Waals surface area contributed by atoms with E-state index in [1.165, 1.54) is 0 Å². The van der Waals surface area contributed by atoms with E-state index in [1.54, 1.807) is 14.2 Å². The molecule has 0 radical (unpaired) electrons. The summed E-state index contributed by atoms with van der Waals surface area (Å²) in [7, 11) is 5.43. The molecule has 0 N–H and O–H groups in total. The minimum Gasteiger partial charge on any atom is -0.379 e. The highest BCUT2D eigenvalue weighted by Gasteiger charge is 2.71. The third-order valence-electron chi connectivity index (χ3n) is 4.15. The van der Waals surface area contributed by atoms with Crippen molar-refractivity contribution in [3.05, 3.63) is 0 Å². The summed E-state index contributed by atoms with van der Waals surface area (Å²) in [5.74, 6) is 0. The molecular formula is C11H21BO4. The number of rotatable bonds is 3. The molecule has 0 aromatic carbocycles. The summed E-state index contributed by atoms with van der Waals surface area (Å²) in [5, 5.41) is 0. The average Bonchev–Trinajstić information content (AvgIpc) is 2.62. The van der Waals surface area contributed by atoms with Crippen molar-refractivity contribution in [3.63, 3.8) is 0 Å². The van der Waals surface area contributed by atoms with Crippen molar-refractivity contribution in [3.8, 4) is 0 Å². The van der Waals surface area contributed by atoms with Crippen LogP contribution in [0.15, 0.2) is 0 Å². The zero-order valence-corrected chi connectivity index (χ0v) is 10.9. The fourth-order valence-electron chi connectivity index (χ4n) is 3.31. The van der Waals surface area contributed by atoms with Crippen LogP contribution >= 0.6 is 0 Å². The van der Waals surface area contributed by atoms with Crippen LogP contribution in [0.5, 0.6) is 0 Å². The van der Waals surface area contributed by atoms with Gasteiger partial charge in [0.25, 0.3) is 0 Å². The number of fused-ring (bicyclic) bond motifs is 2. The molecule has 4 nitrogen and oxygen atoms in total. The molecule has 0 aromatic rings. The molecule has 2 saturated heterocycles. The van der Waals surface area contributed by atoms with Crippen molar-refractivity contribution >= 4 is 7.85 Å². The lowest BCUT2D eigenvalue weighted by Crippen LogP contribution is -2.62. The van der Waals surface area contributed by atoms with E-state index in [0.29, 0.717) is 0 Å². The average molecular weight is 228 g/mol. The molecule has 2 rings (SSSR count). The van der Waals surface area contributed by atoms with Gasteiger partial charge in [-0.2, -0.15) is 0 Å². The van der Waals surface area contributed by atoms with Crippen LogP contribution in [0, 0.1) is 0 Å². The third-order valence-corrected chi connectivity index (χ3v) is 4.15. The van der Waals surface area contributed by atoms with Crippen molar-refractivity contribution in [2.75, 3.05) is 14.2 Å². The van der Waals surface area contributed by atoms with Gasteiger partial charge in [0.15, 0.2) is 5.60 Å². The molecule has 0 amide bonds. The van der Waals surface area contributed by atoms with Crippen LogP contribution in [-0.2, 0) is 18.9 Å². The molecule has 1 unspecified atom stereocenters. The zero-order valence-electron chi connectivity index (χ0n) is 10.9. The van der Waals surface area contributed by atoms with Crippen LogP contribution < -0.4 is 0 Å². The summed E-state index contributed by atoms with van der Waals surface area (Å²) in [6.45, 7) is 6.10. The van der Waals surface area contributed by atoms with Gasteiger partial charge in [-0.1, -0.05) is 0 Å². The summed E-state index contributed by atoms with van der Waals surface area (Å²) in [4.78, 5) is 0. The first-order valence-electron chi connectivity index (χ1n) is 5.82. The number of methoxy groups -OCH3 is 2. The Bertz CT molecular complexity index is 283. The maximum atomic E-state index is 6.14. The monoisotopic (exact) mass is 228 g/mol. The minimum absolute atomic E-state index is 0.00222. The van der Waals surface area contributed by atoms with Crippen molar-refractivity contribution < 1.29 is 18.9 Å². The first-order chi connectivity index (χ1) is 7.40. The summed E-state index contributed by atoms with van der Waals surface area (Å²) < 4.78 is 23.3. The van der Waals surface area contributed by atoms with Crippen molar-refractivity contribution in [1.82, 2.24) is 0 Å². The van der Waals surface area contributed by atoms with Gasteiger partial charge in [0.2, 0.25) is 0 Å². The predicted octanol–water partition coefficient (Wildman–Crippen LogP) is -0.0581. The molecule has 2 aliphatic heterocycles. The summed E-state index contributed by atoms with van der Waals surface area (Å²) >= 11 is 0. The lowest BCUT2D eigenvalue weighted by Gasteiger charge is -2.46. The first-order valence-corrected chi connectivity index (χ1v) is 5.82. The van der Waals surface area contributed by atoms with Gasteiger partial charge in [-0.25, -0.2) is 0 Å². The highest BCUT2D eigenvalue weighted by molar-refractivity contribution is 6.11. The molecule has 2 bridgehead atoms. The standard InChI is InChI=1S/C11H21BO4/c1-6(13-4)11-8(14-5)7(9(12)16-11)15-10(11,2)3/h6-9H,12H2,1-5H3/t6-,7-,8?,9+,11+/m0/s1. The molecule has 2 aliphatic rings. The van der Waals surface area contributed by atoms with Crippen molar-refractivity contribution in [2.45, 2.75) is 56.3 Å².